The average molecular weight is 275 g/mol. The molecule has 2 unspecified atom stereocenters. The van der Waals surface area contributed by atoms with E-state index >= 15 is 0 Å². The van der Waals surface area contributed by atoms with Crippen molar-refractivity contribution < 1.29 is 14.3 Å². The van der Waals surface area contributed by atoms with Crippen molar-refractivity contribution in [2.45, 2.75) is 31.9 Å². The molecule has 2 amide bonds. The Labute approximate surface area is 118 Å². The Morgan fingerprint density at radius 2 is 2.20 bits per heavy atom. The highest BCUT2D eigenvalue weighted by Gasteiger charge is 2.23. The summed E-state index contributed by atoms with van der Waals surface area (Å²) in [4.78, 5) is 24.0. The van der Waals surface area contributed by atoms with E-state index in [1.165, 1.54) is 4.90 Å². The van der Waals surface area contributed by atoms with E-state index in [1.807, 2.05) is 43.7 Å². The van der Waals surface area contributed by atoms with E-state index < -0.39 is 6.09 Å². The second-order valence-electron chi connectivity index (χ2n) is 4.98. The van der Waals surface area contributed by atoms with Crippen LogP contribution in [0, 0.1) is 0 Å². The predicted octanol–water partition coefficient (Wildman–Crippen LogP) is 2.01. The molecule has 1 radical (unpaired) electrons. The van der Waals surface area contributed by atoms with E-state index in [1.54, 1.807) is 0 Å². The SMILES string of the molecule is CC(NC(=O)OC1CCCN([C]=O)C1)c1ccccc1. The molecule has 20 heavy (non-hydrogen) atoms. The fourth-order valence-electron chi connectivity index (χ4n) is 2.30. The molecular formula is C15H19N2O3. The molecule has 1 fully saturated rings. The van der Waals surface area contributed by atoms with Crippen LogP contribution in [0.3, 0.4) is 0 Å². The maximum atomic E-state index is 11.8. The van der Waals surface area contributed by atoms with Crippen LogP contribution in [0.2, 0.25) is 0 Å². The molecule has 2 atom stereocenters. The van der Waals surface area contributed by atoms with E-state index in [0.29, 0.717) is 13.1 Å². The van der Waals surface area contributed by atoms with E-state index in [4.69, 9.17) is 4.74 Å². The number of benzene rings is 1. The summed E-state index contributed by atoms with van der Waals surface area (Å²) in [6.45, 7) is 3.02. The Morgan fingerprint density at radius 3 is 2.90 bits per heavy atom. The number of rotatable bonds is 4. The van der Waals surface area contributed by atoms with Crippen LogP contribution in [0.4, 0.5) is 4.79 Å². The first-order chi connectivity index (χ1) is 9.69. The Bertz CT molecular complexity index is 450. The molecule has 1 N–H and O–H groups in total. The summed E-state index contributed by atoms with van der Waals surface area (Å²) in [5.41, 5.74) is 1.02. The van der Waals surface area contributed by atoms with Gasteiger partial charge in [-0.2, -0.15) is 0 Å². The third-order valence-electron chi connectivity index (χ3n) is 3.41. The van der Waals surface area contributed by atoms with Crippen molar-refractivity contribution in [3.63, 3.8) is 0 Å². The lowest BCUT2D eigenvalue weighted by Gasteiger charge is -2.29. The molecule has 0 aromatic heterocycles. The number of ether oxygens (including phenoxy) is 1. The van der Waals surface area contributed by atoms with Crippen molar-refractivity contribution in [2.24, 2.45) is 0 Å². The molecule has 1 aliphatic heterocycles. The number of carbonyl (C=O) groups excluding carboxylic acids is 2. The van der Waals surface area contributed by atoms with Crippen LogP contribution in [0.5, 0.6) is 0 Å². The number of carbonyl (C=O) groups is 1. The zero-order chi connectivity index (χ0) is 14.4. The molecule has 107 valence electrons. The summed E-state index contributed by atoms with van der Waals surface area (Å²) in [7, 11) is 0. The number of likely N-dealkylation sites (tertiary alicyclic amines) is 1. The van der Waals surface area contributed by atoms with Crippen molar-refractivity contribution in [1.29, 1.82) is 0 Å². The van der Waals surface area contributed by atoms with Gasteiger partial charge < -0.3 is 15.0 Å². The number of hydrogen-bond acceptors (Lipinski definition) is 3. The Balaban J connectivity index is 1.82. The van der Waals surface area contributed by atoms with Gasteiger partial charge in [-0.05, 0) is 25.3 Å². The quantitative estimate of drug-likeness (QED) is 0.914. The van der Waals surface area contributed by atoms with Crippen LogP contribution < -0.4 is 5.32 Å². The number of nitrogens with one attached hydrogen (secondary N) is 1. The third kappa shape index (κ3) is 3.98. The van der Waals surface area contributed by atoms with Gasteiger partial charge in [-0.1, -0.05) is 30.3 Å². The Hall–Kier alpha value is -2.04. The van der Waals surface area contributed by atoms with Crippen LogP contribution >= 0.6 is 0 Å². The molecule has 1 saturated heterocycles. The van der Waals surface area contributed by atoms with Crippen LogP contribution in [0.25, 0.3) is 0 Å². The lowest BCUT2D eigenvalue weighted by atomic mass is 10.1. The van der Waals surface area contributed by atoms with Crippen molar-refractivity contribution in [2.75, 3.05) is 13.1 Å². The molecule has 0 aliphatic carbocycles. The van der Waals surface area contributed by atoms with Gasteiger partial charge in [0.1, 0.15) is 6.10 Å². The highest BCUT2D eigenvalue weighted by Crippen LogP contribution is 2.14. The van der Waals surface area contributed by atoms with Gasteiger partial charge in [-0.15, -0.1) is 0 Å². The summed E-state index contributed by atoms with van der Waals surface area (Å²) < 4.78 is 5.34. The summed E-state index contributed by atoms with van der Waals surface area (Å²) in [5, 5.41) is 2.80. The molecule has 0 spiro atoms. The molecule has 5 nitrogen and oxygen atoms in total. The van der Waals surface area contributed by atoms with E-state index in [2.05, 4.69) is 5.32 Å². The number of piperidine rings is 1. The van der Waals surface area contributed by atoms with Crippen LogP contribution in [0.15, 0.2) is 30.3 Å². The molecule has 1 aromatic rings. The van der Waals surface area contributed by atoms with Crippen LogP contribution in [-0.2, 0) is 9.53 Å². The molecule has 1 aromatic carbocycles. The van der Waals surface area contributed by atoms with Crippen molar-refractivity contribution in [3.05, 3.63) is 35.9 Å². The van der Waals surface area contributed by atoms with Gasteiger partial charge in [0.25, 0.3) is 0 Å². The minimum atomic E-state index is -0.445. The number of nitrogens with zero attached hydrogens (tertiary/aromatic N) is 1. The van der Waals surface area contributed by atoms with E-state index in [0.717, 1.165) is 18.4 Å². The Kier molecular flexibility index (Phi) is 4.98. The van der Waals surface area contributed by atoms with Gasteiger partial charge in [0, 0.05) is 6.54 Å². The van der Waals surface area contributed by atoms with Crippen molar-refractivity contribution in [3.8, 4) is 0 Å². The molecule has 1 heterocycles. The topological polar surface area (TPSA) is 58.6 Å². The number of amides is 2. The van der Waals surface area contributed by atoms with Gasteiger partial charge in [-0.3, -0.25) is 4.79 Å². The van der Waals surface area contributed by atoms with Gasteiger partial charge in [0.2, 0.25) is 0 Å². The average Bonchev–Trinajstić information content (AvgIpc) is 2.48. The van der Waals surface area contributed by atoms with Crippen molar-refractivity contribution in [1.82, 2.24) is 10.2 Å². The second kappa shape index (κ2) is 6.93. The molecule has 5 heteroatoms. The predicted molar refractivity (Wildman–Crippen MR) is 74.8 cm³/mol. The Morgan fingerprint density at radius 1 is 1.45 bits per heavy atom. The van der Waals surface area contributed by atoms with E-state index in [9.17, 15) is 9.59 Å². The monoisotopic (exact) mass is 275 g/mol. The molecular weight excluding hydrogens is 256 g/mol. The molecule has 0 bridgehead atoms. The fourth-order valence-corrected chi connectivity index (χ4v) is 2.30. The maximum Gasteiger partial charge on any atom is 0.407 e. The van der Waals surface area contributed by atoms with Crippen LogP contribution in [0.1, 0.15) is 31.4 Å². The summed E-state index contributed by atoms with van der Waals surface area (Å²) >= 11 is 0. The minimum absolute atomic E-state index is 0.110. The van der Waals surface area contributed by atoms with Gasteiger partial charge in [0.05, 0.1) is 12.6 Å². The number of alkyl carbamates (subject to hydrolysis) is 1. The first kappa shape index (κ1) is 14.4. The fraction of sp³-hybridized carbons (Fsp3) is 0.467. The zero-order valence-electron chi connectivity index (χ0n) is 11.5. The molecule has 0 saturated carbocycles. The number of hydrogen-bond donors (Lipinski definition) is 1. The first-order valence-corrected chi connectivity index (χ1v) is 6.84. The standard InChI is InChI=1S/C15H19N2O3/c1-12(13-6-3-2-4-7-13)16-15(19)20-14-8-5-9-17(10-14)11-18/h2-4,6-7,12,14H,5,8-10H2,1H3,(H,16,19). The highest BCUT2D eigenvalue weighted by atomic mass is 16.6. The van der Waals surface area contributed by atoms with Crippen LogP contribution in [-0.4, -0.2) is 36.6 Å². The first-order valence-electron chi connectivity index (χ1n) is 6.84. The second-order valence-corrected chi connectivity index (χ2v) is 4.98. The minimum Gasteiger partial charge on any atom is -0.444 e. The third-order valence-corrected chi connectivity index (χ3v) is 3.41. The van der Waals surface area contributed by atoms with Crippen molar-refractivity contribution >= 4 is 12.5 Å². The summed E-state index contributed by atoms with van der Waals surface area (Å²) in [6, 6.07) is 9.58. The maximum absolute atomic E-state index is 11.8. The summed E-state index contributed by atoms with van der Waals surface area (Å²) in [6.07, 6.45) is 2.78. The lowest BCUT2D eigenvalue weighted by molar-refractivity contribution is 0.0592. The van der Waals surface area contributed by atoms with E-state index in [-0.39, 0.29) is 12.1 Å². The smallest absolute Gasteiger partial charge is 0.407 e. The highest BCUT2D eigenvalue weighted by molar-refractivity contribution is 5.68. The summed E-state index contributed by atoms with van der Waals surface area (Å²) in [5.74, 6) is 0. The van der Waals surface area contributed by atoms with Gasteiger partial charge in [-0.25, -0.2) is 4.79 Å². The molecule has 2 rings (SSSR count). The zero-order valence-corrected chi connectivity index (χ0v) is 11.5. The lowest BCUT2D eigenvalue weighted by Crippen LogP contribution is -2.41. The normalized spacial score (nSPS) is 20.1. The molecule has 1 aliphatic rings. The van der Waals surface area contributed by atoms with Gasteiger partial charge >= 0.3 is 12.5 Å². The largest absolute Gasteiger partial charge is 0.444 e. The van der Waals surface area contributed by atoms with Gasteiger partial charge in [0.15, 0.2) is 0 Å².